The molecular formula is C15H9F3N6OS. The van der Waals surface area contributed by atoms with Crippen LogP contribution >= 0.6 is 11.3 Å². The maximum absolute atomic E-state index is 14.4. The molecule has 132 valence electrons. The number of thiazole rings is 1. The van der Waals surface area contributed by atoms with Gasteiger partial charge in [0.15, 0.2) is 0 Å². The third-order valence-corrected chi connectivity index (χ3v) is 4.25. The number of hydrogen-bond acceptors (Lipinski definition) is 7. The van der Waals surface area contributed by atoms with Crippen molar-refractivity contribution in [2.24, 2.45) is 0 Å². The van der Waals surface area contributed by atoms with E-state index in [1.807, 2.05) is 5.38 Å². The van der Waals surface area contributed by atoms with Gasteiger partial charge in [-0.25, -0.2) is 14.1 Å². The minimum absolute atomic E-state index is 0.149. The number of rotatable bonds is 5. The summed E-state index contributed by atoms with van der Waals surface area (Å²) in [5.41, 5.74) is 1.16. The van der Waals surface area contributed by atoms with Gasteiger partial charge in [-0.2, -0.15) is 8.78 Å². The van der Waals surface area contributed by atoms with E-state index >= 15 is 0 Å². The van der Waals surface area contributed by atoms with Crippen molar-refractivity contribution in [3.8, 4) is 22.2 Å². The van der Waals surface area contributed by atoms with Gasteiger partial charge in [0.05, 0.1) is 12.7 Å². The van der Waals surface area contributed by atoms with E-state index in [4.69, 9.17) is 4.42 Å². The van der Waals surface area contributed by atoms with E-state index < -0.39 is 18.1 Å². The highest BCUT2D eigenvalue weighted by molar-refractivity contribution is 7.13. The first-order valence-corrected chi connectivity index (χ1v) is 8.18. The number of halogens is 3. The summed E-state index contributed by atoms with van der Waals surface area (Å²) in [5, 5.41) is 17.2. The van der Waals surface area contributed by atoms with Gasteiger partial charge in [-0.1, -0.05) is 11.3 Å². The van der Waals surface area contributed by atoms with E-state index in [-0.39, 0.29) is 18.0 Å². The van der Waals surface area contributed by atoms with Crippen molar-refractivity contribution >= 4 is 11.3 Å². The molecule has 0 aliphatic heterocycles. The number of alkyl halides is 2. The van der Waals surface area contributed by atoms with E-state index in [2.05, 4.69) is 25.5 Å². The molecule has 0 aliphatic rings. The minimum Gasteiger partial charge on any atom is -0.415 e. The molecule has 4 aromatic rings. The number of hydrogen-bond donors (Lipinski definition) is 0. The fraction of sp³-hybridized carbons (Fsp3) is 0.133. The zero-order chi connectivity index (χ0) is 18.1. The van der Waals surface area contributed by atoms with Gasteiger partial charge in [0.2, 0.25) is 5.89 Å². The summed E-state index contributed by atoms with van der Waals surface area (Å²) in [5.74, 6) is -1.52. The van der Waals surface area contributed by atoms with Gasteiger partial charge >= 0.3 is 6.43 Å². The SMILES string of the molecule is Fc1cc(-c2nnc(C(F)F)o2)ccc1Cn1cc(-c2nccs2)nn1. The van der Waals surface area contributed by atoms with Crippen LogP contribution in [0, 0.1) is 5.82 Å². The molecular weight excluding hydrogens is 369 g/mol. The van der Waals surface area contributed by atoms with Crippen LogP contribution in [0.3, 0.4) is 0 Å². The predicted octanol–water partition coefficient (Wildman–Crippen LogP) is 3.58. The van der Waals surface area contributed by atoms with Crippen LogP contribution in [0.15, 0.2) is 40.4 Å². The molecule has 0 radical (unpaired) electrons. The molecule has 0 saturated carbocycles. The summed E-state index contributed by atoms with van der Waals surface area (Å²) in [6.45, 7) is 0.149. The molecule has 0 saturated heterocycles. The zero-order valence-corrected chi connectivity index (χ0v) is 13.7. The lowest BCUT2D eigenvalue weighted by Gasteiger charge is -2.04. The molecule has 3 heterocycles. The lowest BCUT2D eigenvalue weighted by atomic mass is 10.1. The topological polar surface area (TPSA) is 82.5 Å². The summed E-state index contributed by atoms with van der Waals surface area (Å²) in [6, 6.07) is 4.16. The quantitative estimate of drug-likeness (QED) is 0.528. The summed E-state index contributed by atoms with van der Waals surface area (Å²) >= 11 is 1.42. The molecule has 0 bridgehead atoms. The molecule has 0 atom stereocenters. The van der Waals surface area contributed by atoms with Crippen LogP contribution in [0.25, 0.3) is 22.2 Å². The van der Waals surface area contributed by atoms with Crippen molar-refractivity contribution in [2.75, 3.05) is 0 Å². The second-order valence-corrected chi connectivity index (χ2v) is 6.09. The lowest BCUT2D eigenvalue weighted by Crippen LogP contribution is -2.03. The van der Waals surface area contributed by atoms with E-state index in [9.17, 15) is 13.2 Å². The van der Waals surface area contributed by atoms with Crippen molar-refractivity contribution in [1.82, 2.24) is 30.2 Å². The lowest BCUT2D eigenvalue weighted by molar-refractivity contribution is 0.116. The smallest absolute Gasteiger partial charge is 0.314 e. The second-order valence-electron chi connectivity index (χ2n) is 5.19. The molecule has 0 spiro atoms. The molecule has 0 aliphatic carbocycles. The number of benzene rings is 1. The number of aromatic nitrogens is 6. The van der Waals surface area contributed by atoms with Gasteiger partial charge in [0.25, 0.3) is 5.89 Å². The Labute approximate surface area is 148 Å². The first kappa shape index (κ1) is 16.4. The van der Waals surface area contributed by atoms with Gasteiger partial charge < -0.3 is 4.42 Å². The van der Waals surface area contributed by atoms with Crippen molar-refractivity contribution in [3.05, 3.63) is 53.2 Å². The zero-order valence-electron chi connectivity index (χ0n) is 12.9. The average molecular weight is 378 g/mol. The van der Waals surface area contributed by atoms with E-state index in [0.29, 0.717) is 11.3 Å². The minimum atomic E-state index is -2.88. The molecule has 26 heavy (non-hydrogen) atoms. The van der Waals surface area contributed by atoms with E-state index in [1.54, 1.807) is 12.4 Å². The van der Waals surface area contributed by atoms with E-state index in [0.717, 1.165) is 11.1 Å². The Morgan fingerprint density at radius 2 is 2.08 bits per heavy atom. The summed E-state index contributed by atoms with van der Waals surface area (Å²) in [7, 11) is 0. The van der Waals surface area contributed by atoms with Crippen LogP contribution in [0.5, 0.6) is 0 Å². The highest BCUT2D eigenvalue weighted by Gasteiger charge is 2.18. The Bertz CT molecular complexity index is 1030. The molecule has 0 fully saturated rings. The molecule has 3 aromatic heterocycles. The Balaban J connectivity index is 1.54. The normalized spacial score (nSPS) is 11.4. The van der Waals surface area contributed by atoms with Crippen LogP contribution in [0.4, 0.5) is 13.2 Å². The maximum atomic E-state index is 14.4. The molecule has 0 unspecified atom stereocenters. The van der Waals surface area contributed by atoms with E-state index in [1.165, 1.54) is 28.2 Å². The summed E-state index contributed by atoms with van der Waals surface area (Å²) < 4.78 is 45.6. The van der Waals surface area contributed by atoms with Crippen LogP contribution in [0.2, 0.25) is 0 Å². The molecule has 0 N–H and O–H groups in total. The molecule has 1 aromatic carbocycles. The van der Waals surface area contributed by atoms with Crippen LogP contribution in [-0.4, -0.2) is 30.2 Å². The first-order valence-electron chi connectivity index (χ1n) is 7.30. The first-order chi connectivity index (χ1) is 12.6. The molecule has 7 nitrogen and oxygen atoms in total. The van der Waals surface area contributed by atoms with Gasteiger partial charge in [-0.3, -0.25) is 0 Å². The van der Waals surface area contributed by atoms with Crippen molar-refractivity contribution < 1.29 is 17.6 Å². The summed E-state index contributed by atoms with van der Waals surface area (Å²) in [4.78, 5) is 4.14. The Morgan fingerprint density at radius 1 is 1.19 bits per heavy atom. The van der Waals surface area contributed by atoms with Gasteiger partial charge in [0, 0.05) is 22.7 Å². The van der Waals surface area contributed by atoms with Crippen molar-refractivity contribution in [2.45, 2.75) is 13.0 Å². The van der Waals surface area contributed by atoms with Crippen LogP contribution in [0.1, 0.15) is 17.9 Å². The van der Waals surface area contributed by atoms with Crippen molar-refractivity contribution in [3.63, 3.8) is 0 Å². The third-order valence-electron chi connectivity index (χ3n) is 3.45. The molecule has 11 heteroatoms. The Hall–Kier alpha value is -3.08. The fourth-order valence-electron chi connectivity index (χ4n) is 2.25. The molecule has 0 amide bonds. The second kappa shape index (κ2) is 6.67. The maximum Gasteiger partial charge on any atom is 0.314 e. The van der Waals surface area contributed by atoms with Crippen LogP contribution in [-0.2, 0) is 6.54 Å². The third kappa shape index (κ3) is 3.20. The van der Waals surface area contributed by atoms with Crippen molar-refractivity contribution in [1.29, 1.82) is 0 Å². The largest absolute Gasteiger partial charge is 0.415 e. The van der Waals surface area contributed by atoms with Crippen LogP contribution < -0.4 is 0 Å². The highest BCUT2D eigenvalue weighted by atomic mass is 32.1. The monoisotopic (exact) mass is 378 g/mol. The molecule has 4 rings (SSSR count). The summed E-state index contributed by atoms with van der Waals surface area (Å²) in [6.07, 6.45) is 0.452. The van der Waals surface area contributed by atoms with Gasteiger partial charge in [-0.15, -0.1) is 26.6 Å². The average Bonchev–Trinajstić information content (AvgIpc) is 3.38. The Morgan fingerprint density at radius 3 is 2.77 bits per heavy atom. The predicted molar refractivity (Wildman–Crippen MR) is 84.9 cm³/mol. The highest BCUT2D eigenvalue weighted by Crippen LogP contribution is 2.25. The Kier molecular flexibility index (Phi) is 4.21. The van der Waals surface area contributed by atoms with Gasteiger partial charge in [0.1, 0.15) is 16.5 Å². The van der Waals surface area contributed by atoms with Gasteiger partial charge in [-0.05, 0) is 12.1 Å². The fourth-order valence-corrected chi connectivity index (χ4v) is 2.83. The number of nitrogens with zero attached hydrogens (tertiary/aromatic N) is 6. The standard InChI is InChI=1S/C15H9F3N6OS/c16-10-5-8(13-21-22-14(25-13)12(17)18)1-2-9(10)6-24-7-11(20-23-24)15-19-3-4-26-15/h1-5,7,12H,6H2.